The van der Waals surface area contributed by atoms with Gasteiger partial charge in [-0.1, -0.05) is 11.6 Å². The first-order chi connectivity index (χ1) is 15.9. The van der Waals surface area contributed by atoms with E-state index in [-0.39, 0.29) is 23.8 Å². The molecule has 3 atom stereocenters. The third-order valence-corrected chi connectivity index (χ3v) is 8.33. The highest BCUT2D eigenvalue weighted by Gasteiger charge is 2.50. The number of alkyl halides is 2. The zero-order valence-corrected chi connectivity index (χ0v) is 21.6. The second-order valence-corrected chi connectivity index (χ2v) is 11.3. The number of primary amides is 1. The van der Waals surface area contributed by atoms with Crippen molar-refractivity contribution in [2.45, 2.75) is 24.8 Å². The minimum absolute atomic E-state index is 0.0108. The van der Waals surface area contributed by atoms with Gasteiger partial charge in [-0.3, -0.25) is 14.4 Å². The van der Waals surface area contributed by atoms with Crippen LogP contribution in [-0.4, -0.2) is 56.7 Å². The van der Waals surface area contributed by atoms with Crippen molar-refractivity contribution < 1.29 is 31.6 Å². The molecule has 1 aliphatic heterocycles. The lowest BCUT2D eigenvalue weighted by atomic mass is 9.93. The van der Waals surface area contributed by atoms with Crippen molar-refractivity contribution in [3.63, 3.8) is 0 Å². The van der Waals surface area contributed by atoms with Crippen molar-refractivity contribution in [3.8, 4) is 0 Å². The van der Waals surface area contributed by atoms with Crippen molar-refractivity contribution in [1.29, 1.82) is 0 Å². The molecule has 0 radical (unpaired) electrons. The van der Waals surface area contributed by atoms with Crippen LogP contribution >= 0.6 is 34.2 Å². The van der Waals surface area contributed by atoms with Gasteiger partial charge < -0.3 is 11.1 Å². The Hall–Kier alpha value is -1.81. The van der Waals surface area contributed by atoms with E-state index in [4.69, 9.17) is 17.3 Å². The van der Waals surface area contributed by atoms with Gasteiger partial charge >= 0.3 is 0 Å². The number of carbonyl (C=O) groups excluding carboxylic acids is 2. The summed E-state index contributed by atoms with van der Waals surface area (Å²) >= 11 is 8.11. The number of hydrogen-bond donors (Lipinski definition) is 3. The van der Waals surface area contributed by atoms with Crippen molar-refractivity contribution in [2.24, 2.45) is 11.7 Å². The predicted molar refractivity (Wildman–Crippen MR) is 130 cm³/mol. The highest BCUT2D eigenvalue weighted by molar-refractivity contribution is 14.1. The maximum absolute atomic E-state index is 16.1. The topological polar surface area (TPSA) is 131 Å². The number of benzene rings is 1. The smallest absolute Gasteiger partial charge is 0.276 e. The summed E-state index contributed by atoms with van der Waals surface area (Å²) in [5.74, 6) is -5.73. The SMILES string of the molecule is CONC(=O)C1=CC(S(=O)(=O)N2CCCC(C(N)=O)C2)=CC(F)C1(F)Nc1ccc(I)cc1Cl. The molecule has 1 aromatic rings. The molecule has 0 aromatic heterocycles. The van der Waals surface area contributed by atoms with E-state index in [1.165, 1.54) is 12.1 Å². The van der Waals surface area contributed by atoms with Crippen molar-refractivity contribution >= 4 is 61.7 Å². The normalized spacial score (nSPS) is 25.8. The van der Waals surface area contributed by atoms with E-state index in [0.29, 0.717) is 18.9 Å². The summed E-state index contributed by atoms with van der Waals surface area (Å²) in [4.78, 5) is 28.1. The molecule has 0 bridgehead atoms. The quantitative estimate of drug-likeness (QED) is 0.241. The van der Waals surface area contributed by atoms with E-state index in [1.807, 2.05) is 28.1 Å². The van der Waals surface area contributed by atoms with E-state index >= 15 is 8.78 Å². The maximum Gasteiger partial charge on any atom is 0.276 e. The first kappa shape index (κ1) is 26.8. The summed E-state index contributed by atoms with van der Waals surface area (Å²) in [7, 11) is -3.29. The lowest BCUT2D eigenvalue weighted by molar-refractivity contribution is -0.129. The third-order valence-electron chi connectivity index (χ3n) is 5.48. The number of hydrogen-bond acceptors (Lipinski definition) is 6. The van der Waals surface area contributed by atoms with Gasteiger partial charge in [0.05, 0.1) is 34.2 Å². The van der Waals surface area contributed by atoms with Crippen LogP contribution in [0.3, 0.4) is 0 Å². The molecule has 14 heteroatoms. The van der Waals surface area contributed by atoms with Crippen LogP contribution in [0.15, 0.2) is 40.8 Å². The van der Waals surface area contributed by atoms with E-state index < -0.39 is 50.2 Å². The van der Waals surface area contributed by atoms with Gasteiger partial charge in [-0.2, -0.15) is 4.31 Å². The lowest BCUT2D eigenvalue weighted by Gasteiger charge is -2.36. The van der Waals surface area contributed by atoms with Crippen LogP contribution in [0, 0.1) is 9.49 Å². The number of allylic oxidation sites excluding steroid dienone is 1. The van der Waals surface area contributed by atoms with Gasteiger partial charge in [-0.15, -0.1) is 0 Å². The van der Waals surface area contributed by atoms with Gasteiger partial charge in [-0.25, -0.2) is 22.7 Å². The van der Waals surface area contributed by atoms with Crippen molar-refractivity contribution in [3.05, 3.63) is 49.4 Å². The Morgan fingerprint density at radius 1 is 1.38 bits per heavy atom. The molecular weight excluding hydrogens is 609 g/mol. The minimum atomic E-state index is -4.37. The van der Waals surface area contributed by atoms with E-state index in [9.17, 15) is 18.0 Å². The van der Waals surface area contributed by atoms with Gasteiger partial charge in [0.2, 0.25) is 21.7 Å². The molecule has 4 N–H and O–H groups in total. The zero-order valence-electron chi connectivity index (χ0n) is 17.9. The molecule has 1 heterocycles. The summed E-state index contributed by atoms with van der Waals surface area (Å²) < 4.78 is 59.6. The Labute approximate surface area is 213 Å². The van der Waals surface area contributed by atoms with Crippen molar-refractivity contribution in [2.75, 3.05) is 25.5 Å². The molecule has 1 saturated heterocycles. The van der Waals surface area contributed by atoms with Gasteiger partial charge in [0.15, 0.2) is 6.17 Å². The third kappa shape index (κ3) is 5.37. The molecule has 186 valence electrons. The molecule has 1 aliphatic carbocycles. The second-order valence-electron chi connectivity index (χ2n) is 7.73. The number of nitrogens with two attached hydrogens (primary N) is 1. The van der Waals surface area contributed by atoms with E-state index in [0.717, 1.165) is 21.1 Å². The van der Waals surface area contributed by atoms with Gasteiger partial charge in [0, 0.05) is 16.7 Å². The molecule has 1 aromatic carbocycles. The number of hydroxylamine groups is 1. The first-order valence-electron chi connectivity index (χ1n) is 10.0. The second kappa shape index (κ2) is 10.4. The summed E-state index contributed by atoms with van der Waals surface area (Å²) in [6, 6.07) is 4.49. The fourth-order valence-electron chi connectivity index (χ4n) is 3.71. The zero-order chi connectivity index (χ0) is 25.3. The summed E-state index contributed by atoms with van der Waals surface area (Å²) in [6.07, 6.45) is -0.522. The average Bonchev–Trinajstić information content (AvgIpc) is 2.77. The molecule has 2 amide bonds. The first-order valence-corrected chi connectivity index (χ1v) is 12.9. The number of sulfonamides is 1. The minimum Gasteiger partial charge on any atom is -0.369 e. The predicted octanol–water partition coefficient (Wildman–Crippen LogP) is 2.39. The molecule has 9 nitrogen and oxygen atoms in total. The summed E-state index contributed by atoms with van der Waals surface area (Å²) in [6.45, 7) is -0.137. The molecule has 3 unspecified atom stereocenters. The number of halogens is 4. The number of piperidine rings is 1. The van der Waals surface area contributed by atoms with Gasteiger partial charge in [-0.05, 0) is 65.8 Å². The van der Waals surface area contributed by atoms with E-state index in [1.54, 1.807) is 6.07 Å². The molecule has 0 spiro atoms. The number of anilines is 1. The number of amides is 2. The monoisotopic (exact) mass is 630 g/mol. The van der Waals surface area contributed by atoms with Crippen LogP contribution in [0.4, 0.5) is 14.5 Å². The summed E-state index contributed by atoms with van der Waals surface area (Å²) in [5, 5.41) is 2.36. The van der Waals surface area contributed by atoms with Crippen LogP contribution in [0.1, 0.15) is 12.8 Å². The maximum atomic E-state index is 16.1. The Bertz CT molecular complexity index is 1170. The number of rotatable bonds is 7. The lowest BCUT2D eigenvalue weighted by Crippen LogP contribution is -2.51. The number of nitrogens with zero attached hydrogens (tertiary/aromatic N) is 1. The highest BCUT2D eigenvalue weighted by Crippen LogP contribution is 2.40. The molecule has 1 fully saturated rings. The highest BCUT2D eigenvalue weighted by atomic mass is 127. The van der Waals surface area contributed by atoms with Crippen LogP contribution < -0.4 is 16.5 Å². The molecule has 2 aliphatic rings. The Morgan fingerprint density at radius 3 is 2.71 bits per heavy atom. The largest absolute Gasteiger partial charge is 0.369 e. The Morgan fingerprint density at radius 2 is 2.09 bits per heavy atom. The van der Waals surface area contributed by atoms with Crippen LogP contribution in [0.25, 0.3) is 0 Å². The molecule has 0 saturated carbocycles. The molecule has 34 heavy (non-hydrogen) atoms. The Balaban J connectivity index is 2.02. The van der Waals surface area contributed by atoms with Crippen LogP contribution in [0.2, 0.25) is 5.02 Å². The Kier molecular flexibility index (Phi) is 8.22. The van der Waals surface area contributed by atoms with Crippen molar-refractivity contribution in [1.82, 2.24) is 9.79 Å². The number of nitrogens with one attached hydrogen (secondary N) is 2. The summed E-state index contributed by atoms with van der Waals surface area (Å²) in [5.41, 5.74) is 6.32. The van der Waals surface area contributed by atoms with Crippen LogP contribution in [-0.2, 0) is 24.4 Å². The van der Waals surface area contributed by atoms with Gasteiger partial charge in [0.1, 0.15) is 0 Å². The fourth-order valence-corrected chi connectivity index (χ4v) is 6.21. The standard InChI is InChI=1S/C20H22ClF2IN4O5S/c1-33-27-19(30)14-8-13(34(31,32)28-6-2-3-11(10-28)18(25)29)9-17(22)20(14,23)26-16-5-4-12(24)7-15(16)21/h4-5,7-9,11,17,26H,2-3,6,10H2,1H3,(H2,25,29)(H,27,30). The van der Waals surface area contributed by atoms with Gasteiger partial charge in [0.25, 0.3) is 5.91 Å². The molecule has 3 rings (SSSR count). The van der Waals surface area contributed by atoms with Crippen LogP contribution in [0.5, 0.6) is 0 Å². The molecular formula is C20H22ClF2IN4O5S. The number of carbonyl (C=O) groups is 2. The van der Waals surface area contributed by atoms with E-state index in [2.05, 4.69) is 10.2 Å². The average molecular weight is 631 g/mol. The fraction of sp³-hybridized carbons (Fsp3) is 0.400.